The van der Waals surface area contributed by atoms with E-state index in [2.05, 4.69) is 15.3 Å². The van der Waals surface area contributed by atoms with Gasteiger partial charge in [0.15, 0.2) is 5.13 Å². The average molecular weight is 440 g/mol. The van der Waals surface area contributed by atoms with Crippen LogP contribution in [-0.2, 0) is 6.42 Å². The summed E-state index contributed by atoms with van der Waals surface area (Å²) < 4.78 is 1.52. The minimum absolute atomic E-state index is 0.164. The number of nitro groups is 1. The van der Waals surface area contributed by atoms with Gasteiger partial charge in [-0.2, -0.15) is 0 Å². The molecule has 0 spiro atoms. The molecule has 2 heterocycles. The van der Waals surface area contributed by atoms with Crippen LogP contribution in [0.1, 0.15) is 20.8 Å². The van der Waals surface area contributed by atoms with E-state index in [9.17, 15) is 14.9 Å². The molecule has 0 bridgehead atoms. The summed E-state index contributed by atoms with van der Waals surface area (Å²) in [6.07, 6.45) is 6.90. The van der Waals surface area contributed by atoms with Gasteiger partial charge in [0.05, 0.1) is 11.3 Å². The number of hydrogen-bond donors (Lipinski definition) is 1. The molecular weight excluding hydrogens is 426 g/mol. The van der Waals surface area contributed by atoms with E-state index in [1.54, 1.807) is 18.5 Å². The van der Waals surface area contributed by atoms with E-state index >= 15 is 0 Å². The van der Waals surface area contributed by atoms with Gasteiger partial charge < -0.3 is 4.57 Å². The molecular formula is C20H14ClN5O3S. The second-order valence-electron chi connectivity index (χ2n) is 6.32. The maximum Gasteiger partial charge on any atom is 0.294 e. The first-order chi connectivity index (χ1) is 14.5. The fourth-order valence-electron chi connectivity index (χ4n) is 2.90. The molecule has 4 rings (SSSR count). The van der Waals surface area contributed by atoms with Crippen LogP contribution in [0.5, 0.6) is 0 Å². The lowest BCUT2D eigenvalue weighted by atomic mass is 10.1. The van der Waals surface area contributed by atoms with E-state index in [-0.39, 0.29) is 11.3 Å². The van der Waals surface area contributed by atoms with Gasteiger partial charge >= 0.3 is 0 Å². The van der Waals surface area contributed by atoms with E-state index < -0.39 is 10.8 Å². The molecule has 0 atom stereocenters. The van der Waals surface area contributed by atoms with Crippen molar-refractivity contribution in [2.24, 2.45) is 0 Å². The van der Waals surface area contributed by atoms with Crippen molar-refractivity contribution in [3.63, 3.8) is 0 Å². The van der Waals surface area contributed by atoms with Crippen molar-refractivity contribution < 1.29 is 9.72 Å². The number of nitrogens with one attached hydrogen (secondary N) is 1. The lowest BCUT2D eigenvalue weighted by Gasteiger charge is -2.06. The summed E-state index contributed by atoms with van der Waals surface area (Å²) in [5.74, 6) is -0.473. The number of carbonyl (C=O) groups excluding carboxylic acids is 1. The number of thiazole rings is 1. The number of nitro benzene ring substituents is 1. The predicted molar refractivity (Wildman–Crippen MR) is 115 cm³/mol. The van der Waals surface area contributed by atoms with Crippen LogP contribution in [0.3, 0.4) is 0 Å². The van der Waals surface area contributed by atoms with Crippen LogP contribution in [0.15, 0.2) is 67.4 Å². The standard InChI is InChI=1S/C20H14ClN5O3S/c21-15-3-1-2-13(8-15)9-16-11-23-20(30-16)24-19(27)14-4-5-17(18(10-14)26(28)29)25-7-6-22-12-25/h1-8,10-12H,9H2,(H,23,24,27). The lowest BCUT2D eigenvalue weighted by Crippen LogP contribution is -2.12. The summed E-state index contributed by atoms with van der Waals surface area (Å²) in [4.78, 5) is 32.6. The zero-order valence-corrected chi connectivity index (χ0v) is 16.9. The molecule has 0 aliphatic carbocycles. The van der Waals surface area contributed by atoms with Crippen LogP contribution in [-0.4, -0.2) is 25.4 Å². The smallest absolute Gasteiger partial charge is 0.294 e. The lowest BCUT2D eigenvalue weighted by molar-refractivity contribution is -0.384. The van der Waals surface area contributed by atoms with E-state index in [4.69, 9.17) is 11.6 Å². The monoisotopic (exact) mass is 439 g/mol. The fraction of sp³-hybridized carbons (Fsp3) is 0.0500. The molecule has 0 fully saturated rings. The second kappa shape index (κ2) is 8.44. The Morgan fingerprint density at radius 2 is 2.13 bits per heavy atom. The number of benzene rings is 2. The highest BCUT2D eigenvalue weighted by atomic mass is 35.5. The number of nitrogens with zero attached hydrogens (tertiary/aromatic N) is 4. The molecule has 1 N–H and O–H groups in total. The Balaban J connectivity index is 1.51. The van der Waals surface area contributed by atoms with Gasteiger partial charge in [-0.05, 0) is 29.8 Å². The van der Waals surface area contributed by atoms with Crippen molar-refractivity contribution in [2.45, 2.75) is 6.42 Å². The average Bonchev–Trinajstić information content (AvgIpc) is 3.40. The van der Waals surface area contributed by atoms with Crippen LogP contribution < -0.4 is 5.32 Å². The molecule has 10 heteroatoms. The number of aromatic nitrogens is 3. The number of halogens is 1. The summed E-state index contributed by atoms with van der Waals surface area (Å²) in [5.41, 5.74) is 1.33. The van der Waals surface area contributed by atoms with E-state index in [1.807, 2.05) is 18.2 Å². The summed E-state index contributed by atoms with van der Waals surface area (Å²) in [5, 5.41) is 15.2. The van der Waals surface area contributed by atoms with Gasteiger partial charge in [-0.1, -0.05) is 23.7 Å². The molecule has 0 aliphatic rings. The van der Waals surface area contributed by atoms with Crippen molar-refractivity contribution in [1.29, 1.82) is 0 Å². The number of amides is 1. The molecule has 0 radical (unpaired) electrons. The van der Waals surface area contributed by atoms with Crippen LogP contribution >= 0.6 is 22.9 Å². The Bertz CT molecular complexity index is 1220. The Kier molecular flexibility index (Phi) is 5.55. The SMILES string of the molecule is O=C(Nc1ncc(Cc2cccc(Cl)c2)s1)c1ccc(-n2ccnc2)c([N+](=O)[O-])c1. The highest BCUT2D eigenvalue weighted by Gasteiger charge is 2.19. The summed E-state index contributed by atoms with van der Waals surface area (Å²) in [7, 11) is 0. The van der Waals surface area contributed by atoms with Gasteiger partial charge in [0.1, 0.15) is 5.69 Å². The summed E-state index contributed by atoms with van der Waals surface area (Å²) in [6, 6.07) is 11.8. The van der Waals surface area contributed by atoms with Crippen LogP contribution in [0.2, 0.25) is 5.02 Å². The van der Waals surface area contributed by atoms with Gasteiger partial charge in [-0.25, -0.2) is 9.97 Å². The normalized spacial score (nSPS) is 10.7. The molecule has 0 unspecified atom stereocenters. The van der Waals surface area contributed by atoms with Crippen molar-refractivity contribution in [3.05, 3.63) is 98.5 Å². The van der Waals surface area contributed by atoms with E-state index in [0.29, 0.717) is 22.3 Å². The molecule has 8 nitrogen and oxygen atoms in total. The molecule has 30 heavy (non-hydrogen) atoms. The summed E-state index contributed by atoms with van der Waals surface area (Å²) in [6.45, 7) is 0. The number of anilines is 1. The van der Waals surface area contributed by atoms with Crippen LogP contribution in [0.4, 0.5) is 10.8 Å². The fourth-order valence-corrected chi connectivity index (χ4v) is 3.95. The molecule has 4 aromatic rings. The molecule has 150 valence electrons. The zero-order valence-electron chi connectivity index (χ0n) is 15.4. The van der Waals surface area contributed by atoms with Crippen molar-refractivity contribution >= 4 is 39.7 Å². The molecule has 0 saturated carbocycles. The topological polar surface area (TPSA) is 103 Å². The predicted octanol–water partition coefficient (Wildman–Crippen LogP) is 4.73. The van der Waals surface area contributed by atoms with Crippen molar-refractivity contribution in [3.8, 4) is 5.69 Å². The maximum absolute atomic E-state index is 12.6. The first-order valence-corrected chi connectivity index (χ1v) is 9.96. The second-order valence-corrected chi connectivity index (χ2v) is 7.87. The number of carbonyl (C=O) groups is 1. The number of imidazole rings is 1. The largest absolute Gasteiger partial charge is 0.300 e. The minimum atomic E-state index is -0.529. The van der Waals surface area contributed by atoms with Gasteiger partial charge in [0.2, 0.25) is 0 Å². The Hall–Kier alpha value is -3.56. The van der Waals surface area contributed by atoms with Crippen molar-refractivity contribution in [2.75, 3.05) is 5.32 Å². The van der Waals surface area contributed by atoms with Gasteiger partial charge in [0.25, 0.3) is 11.6 Å². The van der Waals surface area contributed by atoms with Gasteiger partial charge in [-0.15, -0.1) is 11.3 Å². The van der Waals surface area contributed by atoms with Crippen LogP contribution in [0, 0.1) is 10.1 Å². The Morgan fingerprint density at radius 1 is 1.27 bits per heavy atom. The molecule has 0 saturated heterocycles. The maximum atomic E-state index is 12.6. The molecule has 2 aromatic carbocycles. The Morgan fingerprint density at radius 3 is 2.87 bits per heavy atom. The first kappa shape index (κ1) is 19.7. The summed E-state index contributed by atoms with van der Waals surface area (Å²) >= 11 is 7.35. The third kappa shape index (κ3) is 4.37. The minimum Gasteiger partial charge on any atom is -0.300 e. The van der Waals surface area contributed by atoms with Gasteiger partial charge in [0, 0.05) is 46.5 Å². The van der Waals surface area contributed by atoms with Crippen molar-refractivity contribution in [1.82, 2.24) is 14.5 Å². The quantitative estimate of drug-likeness (QED) is 0.345. The number of hydrogen-bond acceptors (Lipinski definition) is 6. The molecule has 2 aromatic heterocycles. The highest BCUT2D eigenvalue weighted by Crippen LogP contribution is 2.26. The van der Waals surface area contributed by atoms with Gasteiger partial charge in [-0.3, -0.25) is 20.2 Å². The van der Waals surface area contributed by atoms with E-state index in [1.165, 1.54) is 46.6 Å². The third-order valence-electron chi connectivity index (χ3n) is 4.26. The molecule has 1 amide bonds. The highest BCUT2D eigenvalue weighted by molar-refractivity contribution is 7.15. The number of rotatable bonds is 6. The first-order valence-electron chi connectivity index (χ1n) is 8.77. The zero-order chi connectivity index (χ0) is 21.1. The van der Waals surface area contributed by atoms with Crippen LogP contribution in [0.25, 0.3) is 5.69 Å². The third-order valence-corrected chi connectivity index (χ3v) is 5.41. The Labute approximate surface area is 179 Å². The molecule has 0 aliphatic heterocycles. The van der Waals surface area contributed by atoms with E-state index in [0.717, 1.165) is 10.4 Å².